The highest BCUT2D eigenvalue weighted by atomic mass is 32.2. The number of nitrogens with one attached hydrogen (secondary N) is 1. The summed E-state index contributed by atoms with van der Waals surface area (Å²) in [7, 11) is 0. The molecule has 0 saturated carbocycles. The Morgan fingerprint density at radius 2 is 1.71 bits per heavy atom. The molecule has 0 unspecified atom stereocenters. The molecule has 31 heavy (non-hydrogen) atoms. The molecular formula is C24H20N6S. The summed E-state index contributed by atoms with van der Waals surface area (Å²) < 4.78 is 1.96. The third-order valence-electron chi connectivity index (χ3n) is 5.07. The van der Waals surface area contributed by atoms with Crippen LogP contribution in [0.2, 0.25) is 0 Å². The number of thioether (sulfide) groups is 1. The summed E-state index contributed by atoms with van der Waals surface area (Å²) in [6.45, 7) is 2.07. The summed E-state index contributed by atoms with van der Waals surface area (Å²) in [6, 6.07) is 22.0. The highest BCUT2D eigenvalue weighted by Gasteiger charge is 2.18. The van der Waals surface area contributed by atoms with Crippen molar-refractivity contribution in [3.05, 3.63) is 84.8 Å². The number of hydrogen-bond acceptors (Lipinski definition) is 6. The zero-order valence-corrected chi connectivity index (χ0v) is 18.0. The monoisotopic (exact) mass is 424 g/mol. The Labute approximate surface area is 184 Å². The third kappa shape index (κ3) is 3.64. The average Bonchev–Trinajstić information content (AvgIpc) is 3.16. The quantitative estimate of drug-likeness (QED) is 0.368. The van der Waals surface area contributed by atoms with E-state index in [9.17, 15) is 0 Å². The Kier molecular flexibility index (Phi) is 5.09. The van der Waals surface area contributed by atoms with Gasteiger partial charge in [-0.15, -0.1) is 11.8 Å². The van der Waals surface area contributed by atoms with E-state index >= 15 is 0 Å². The molecule has 0 amide bonds. The lowest BCUT2D eigenvalue weighted by Crippen LogP contribution is -2.00. The van der Waals surface area contributed by atoms with Crippen LogP contribution in [0.5, 0.6) is 0 Å². The molecular weight excluding hydrogens is 404 g/mol. The summed E-state index contributed by atoms with van der Waals surface area (Å²) in [4.78, 5) is 13.7. The molecule has 0 radical (unpaired) electrons. The van der Waals surface area contributed by atoms with Gasteiger partial charge in [-0.1, -0.05) is 36.4 Å². The van der Waals surface area contributed by atoms with Gasteiger partial charge in [0.2, 0.25) is 5.95 Å². The van der Waals surface area contributed by atoms with E-state index in [1.807, 2.05) is 77.7 Å². The van der Waals surface area contributed by atoms with Crippen LogP contribution >= 0.6 is 11.8 Å². The number of benzene rings is 2. The minimum Gasteiger partial charge on any atom is -0.322 e. The van der Waals surface area contributed by atoms with Gasteiger partial charge in [0.25, 0.3) is 0 Å². The predicted molar refractivity (Wildman–Crippen MR) is 126 cm³/mol. The van der Waals surface area contributed by atoms with Crippen LogP contribution in [0.1, 0.15) is 5.69 Å². The second-order valence-electron chi connectivity index (χ2n) is 6.99. The second-order valence-corrected chi connectivity index (χ2v) is 7.78. The van der Waals surface area contributed by atoms with E-state index in [1.165, 1.54) is 0 Å². The Balaban J connectivity index is 1.56. The van der Waals surface area contributed by atoms with Crippen LogP contribution in [0.4, 0.5) is 11.6 Å². The smallest absolute Gasteiger partial charge is 0.227 e. The number of rotatable bonds is 5. The molecule has 1 N–H and O–H groups in total. The van der Waals surface area contributed by atoms with Crippen LogP contribution in [-0.4, -0.2) is 31.0 Å². The van der Waals surface area contributed by atoms with Crippen molar-refractivity contribution in [2.24, 2.45) is 0 Å². The molecule has 0 atom stereocenters. The van der Waals surface area contributed by atoms with Crippen molar-refractivity contribution in [2.45, 2.75) is 11.9 Å². The predicted octanol–water partition coefficient (Wildman–Crippen LogP) is 5.65. The maximum absolute atomic E-state index is 4.82. The maximum atomic E-state index is 4.82. The minimum absolute atomic E-state index is 0.523. The van der Waals surface area contributed by atoms with Crippen LogP contribution in [0.3, 0.4) is 0 Å². The molecule has 2 aromatic carbocycles. The standard InChI is InChI=1S/C24H20N6S/c1-16-21(23(31-2)29-30(16)18-10-4-3-5-11-18)19-13-15-26-24(27-19)28-20-12-6-8-17-9-7-14-25-22(17)20/h3-15H,1-2H3,(H,26,27,28). The van der Waals surface area contributed by atoms with E-state index in [4.69, 9.17) is 10.1 Å². The lowest BCUT2D eigenvalue weighted by Gasteiger charge is -2.09. The van der Waals surface area contributed by atoms with Gasteiger partial charge in [-0.2, -0.15) is 5.10 Å². The van der Waals surface area contributed by atoms with Crippen LogP contribution in [0.15, 0.2) is 84.1 Å². The summed E-state index contributed by atoms with van der Waals surface area (Å²) in [5.41, 5.74) is 5.66. The zero-order chi connectivity index (χ0) is 21.2. The average molecular weight is 425 g/mol. The molecule has 152 valence electrons. The fraction of sp³-hybridized carbons (Fsp3) is 0.0833. The number of pyridine rings is 1. The topological polar surface area (TPSA) is 68.5 Å². The van der Waals surface area contributed by atoms with Crippen LogP contribution in [-0.2, 0) is 0 Å². The first kappa shape index (κ1) is 19.3. The van der Waals surface area contributed by atoms with Crippen molar-refractivity contribution in [1.29, 1.82) is 0 Å². The van der Waals surface area contributed by atoms with E-state index in [0.717, 1.165) is 44.3 Å². The van der Waals surface area contributed by atoms with E-state index in [2.05, 4.69) is 22.2 Å². The lowest BCUT2D eigenvalue weighted by molar-refractivity contribution is 0.814. The normalized spacial score (nSPS) is 11.0. The molecule has 0 spiro atoms. The number of hydrogen-bond donors (Lipinski definition) is 1. The lowest BCUT2D eigenvalue weighted by atomic mass is 10.2. The first-order chi connectivity index (χ1) is 15.2. The highest BCUT2D eigenvalue weighted by molar-refractivity contribution is 7.98. The Morgan fingerprint density at radius 1 is 0.871 bits per heavy atom. The van der Waals surface area contributed by atoms with Gasteiger partial charge < -0.3 is 5.32 Å². The van der Waals surface area contributed by atoms with Crippen LogP contribution < -0.4 is 5.32 Å². The van der Waals surface area contributed by atoms with Gasteiger partial charge in [-0.05, 0) is 43.5 Å². The van der Waals surface area contributed by atoms with E-state index in [-0.39, 0.29) is 0 Å². The van der Waals surface area contributed by atoms with Crippen molar-refractivity contribution in [3.63, 3.8) is 0 Å². The van der Waals surface area contributed by atoms with E-state index < -0.39 is 0 Å². The second kappa shape index (κ2) is 8.20. The molecule has 7 heteroatoms. The summed E-state index contributed by atoms with van der Waals surface area (Å²) in [5.74, 6) is 0.523. The number of para-hydroxylation sites is 2. The summed E-state index contributed by atoms with van der Waals surface area (Å²) in [5, 5.41) is 10.1. The van der Waals surface area contributed by atoms with Crippen molar-refractivity contribution in [2.75, 3.05) is 11.6 Å². The molecule has 5 aromatic rings. The molecule has 0 bridgehead atoms. The first-order valence-electron chi connectivity index (χ1n) is 9.88. The van der Waals surface area contributed by atoms with Gasteiger partial charge in [0.05, 0.1) is 33.8 Å². The third-order valence-corrected chi connectivity index (χ3v) is 5.74. The molecule has 5 rings (SSSR count). The van der Waals surface area contributed by atoms with Crippen molar-refractivity contribution < 1.29 is 0 Å². The summed E-state index contributed by atoms with van der Waals surface area (Å²) >= 11 is 1.61. The maximum Gasteiger partial charge on any atom is 0.227 e. The fourth-order valence-electron chi connectivity index (χ4n) is 3.62. The molecule has 3 aromatic heterocycles. The van der Waals surface area contributed by atoms with Crippen LogP contribution in [0.25, 0.3) is 27.8 Å². The van der Waals surface area contributed by atoms with Gasteiger partial charge in [-0.25, -0.2) is 14.6 Å². The molecule has 6 nitrogen and oxygen atoms in total. The molecule has 0 aliphatic heterocycles. The van der Waals surface area contributed by atoms with Crippen molar-refractivity contribution >= 4 is 34.3 Å². The van der Waals surface area contributed by atoms with Gasteiger partial charge in [0.15, 0.2) is 0 Å². The Morgan fingerprint density at radius 3 is 2.55 bits per heavy atom. The largest absolute Gasteiger partial charge is 0.322 e. The summed E-state index contributed by atoms with van der Waals surface area (Å²) in [6.07, 6.45) is 5.59. The fourth-order valence-corrected chi connectivity index (χ4v) is 4.24. The van der Waals surface area contributed by atoms with Crippen LogP contribution in [0, 0.1) is 6.92 Å². The van der Waals surface area contributed by atoms with Gasteiger partial charge in [-0.3, -0.25) is 4.98 Å². The van der Waals surface area contributed by atoms with Gasteiger partial charge in [0, 0.05) is 17.8 Å². The van der Waals surface area contributed by atoms with E-state index in [0.29, 0.717) is 5.95 Å². The molecule has 3 heterocycles. The molecule has 0 aliphatic rings. The molecule has 0 fully saturated rings. The first-order valence-corrected chi connectivity index (χ1v) is 11.1. The number of aromatic nitrogens is 5. The highest BCUT2D eigenvalue weighted by Crippen LogP contribution is 2.33. The number of nitrogens with zero attached hydrogens (tertiary/aromatic N) is 5. The molecule has 0 aliphatic carbocycles. The minimum atomic E-state index is 0.523. The van der Waals surface area contributed by atoms with Crippen molar-refractivity contribution in [3.8, 4) is 16.9 Å². The zero-order valence-electron chi connectivity index (χ0n) is 17.1. The van der Waals surface area contributed by atoms with Gasteiger partial charge >= 0.3 is 0 Å². The Hall–Kier alpha value is -3.71. The molecule has 0 saturated heterocycles. The SMILES string of the molecule is CSc1nn(-c2ccccc2)c(C)c1-c1ccnc(Nc2cccc3cccnc23)n1. The van der Waals surface area contributed by atoms with Crippen molar-refractivity contribution in [1.82, 2.24) is 24.7 Å². The number of anilines is 2. The number of fused-ring (bicyclic) bond motifs is 1. The Bertz CT molecular complexity index is 1360. The van der Waals surface area contributed by atoms with Gasteiger partial charge in [0.1, 0.15) is 5.03 Å². The van der Waals surface area contributed by atoms with E-state index in [1.54, 1.807) is 24.2 Å².